The minimum Gasteiger partial charge on any atom is -0.379 e. The highest BCUT2D eigenvalue weighted by atomic mass is 32.2. The van der Waals surface area contributed by atoms with E-state index in [0.717, 1.165) is 18.2 Å². The molecule has 0 saturated heterocycles. The van der Waals surface area contributed by atoms with Crippen molar-refractivity contribution in [3.05, 3.63) is 63.7 Å². The van der Waals surface area contributed by atoms with Crippen molar-refractivity contribution in [1.29, 1.82) is 0 Å². The fraction of sp³-hybridized carbons (Fsp3) is 0.294. The molecule has 1 N–H and O–H groups in total. The highest BCUT2D eigenvalue weighted by Crippen LogP contribution is 2.31. The summed E-state index contributed by atoms with van der Waals surface area (Å²) in [5.41, 5.74) is 2.18. The summed E-state index contributed by atoms with van der Waals surface area (Å²) in [6, 6.07) is 12.4. The lowest BCUT2D eigenvalue weighted by atomic mass is 10.1. The Morgan fingerprint density at radius 2 is 1.71 bits per heavy atom. The van der Waals surface area contributed by atoms with Gasteiger partial charge in [-0.05, 0) is 36.1 Å². The van der Waals surface area contributed by atoms with Gasteiger partial charge in [-0.25, -0.2) is 8.42 Å². The molecule has 0 unspecified atom stereocenters. The van der Waals surface area contributed by atoms with E-state index < -0.39 is 20.4 Å². The number of aryl methyl sites for hydroxylation is 1. The molecule has 2 aromatic rings. The average molecular weight is 348 g/mol. The van der Waals surface area contributed by atoms with E-state index in [9.17, 15) is 18.5 Å². The molecule has 128 valence electrons. The third-order valence-electron chi connectivity index (χ3n) is 3.74. The van der Waals surface area contributed by atoms with Gasteiger partial charge in [-0.3, -0.25) is 10.1 Å². The molecule has 0 atom stereocenters. The van der Waals surface area contributed by atoms with Gasteiger partial charge in [0.05, 0.1) is 4.92 Å². The van der Waals surface area contributed by atoms with Crippen molar-refractivity contribution in [2.45, 2.75) is 24.7 Å². The third-order valence-corrected chi connectivity index (χ3v) is 4.87. The molecule has 0 spiro atoms. The predicted molar refractivity (Wildman–Crippen MR) is 94.2 cm³/mol. The first kappa shape index (κ1) is 17.9. The maximum Gasteiger partial charge on any atom is 0.310 e. The summed E-state index contributed by atoms with van der Waals surface area (Å²) in [4.78, 5) is 10.4. The van der Waals surface area contributed by atoms with Gasteiger partial charge in [-0.2, -0.15) is 0 Å². The second-order valence-electron chi connectivity index (χ2n) is 5.53. The fourth-order valence-corrected chi connectivity index (χ4v) is 3.30. The number of nitro benzene ring substituents is 1. The Balaban J connectivity index is 2.16. The van der Waals surface area contributed by atoms with Gasteiger partial charge in [0, 0.05) is 12.8 Å². The van der Waals surface area contributed by atoms with Crippen LogP contribution in [0, 0.1) is 10.1 Å². The number of nitrogens with zero attached hydrogens (tertiary/aromatic N) is 1. The predicted octanol–water partition coefficient (Wildman–Crippen LogP) is 3.22. The van der Waals surface area contributed by atoms with Crippen LogP contribution in [-0.2, 0) is 22.7 Å². The summed E-state index contributed by atoms with van der Waals surface area (Å²) in [7, 11) is -3.67. The molecule has 0 heterocycles. The van der Waals surface area contributed by atoms with E-state index in [1.54, 1.807) is 0 Å². The van der Waals surface area contributed by atoms with E-state index in [1.165, 1.54) is 23.8 Å². The number of nitro groups is 1. The van der Waals surface area contributed by atoms with Crippen molar-refractivity contribution < 1.29 is 13.3 Å². The van der Waals surface area contributed by atoms with E-state index in [0.29, 0.717) is 13.0 Å². The smallest absolute Gasteiger partial charge is 0.310 e. The van der Waals surface area contributed by atoms with E-state index in [-0.39, 0.29) is 10.6 Å². The van der Waals surface area contributed by atoms with Gasteiger partial charge in [-0.15, -0.1) is 0 Å². The van der Waals surface area contributed by atoms with Crippen LogP contribution in [0.4, 0.5) is 11.4 Å². The Morgan fingerprint density at radius 1 is 1.08 bits per heavy atom. The zero-order chi connectivity index (χ0) is 17.7. The fourth-order valence-electron chi connectivity index (χ4n) is 2.44. The van der Waals surface area contributed by atoms with Crippen molar-refractivity contribution in [3.63, 3.8) is 0 Å². The molecular weight excluding hydrogens is 328 g/mol. The second-order valence-corrected chi connectivity index (χ2v) is 7.51. The molecule has 0 aliphatic rings. The van der Waals surface area contributed by atoms with Crippen LogP contribution in [0.2, 0.25) is 0 Å². The summed E-state index contributed by atoms with van der Waals surface area (Å²) in [5, 5.41) is 14.3. The van der Waals surface area contributed by atoms with Gasteiger partial charge in [0.2, 0.25) is 0 Å². The summed E-state index contributed by atoms with van der Waals surface area (Å²) in [6.07, 6.45) is 2.63. The van der Waals surface area contributed by atoms with Gasteiger partial charge in [0.1, 0.15) is 10.6 Å². The number of rotatable bonds is 7. The molecule has 7 heteroatoms. The molecule has 2 aromatic carbocycles. The molecule has 0 radical (unpaired) electrons. The quantitative estimate of drug-likeness (QED) is 0.613. The third kappa shape index (κ3) is 4.32. The minimum atomic E-state index is -3.67. The molecule has 0 aromatic heterocycles. The van der Waals surface area contributed by atoms with Gasteiger partial charge in [0.15, 0.2) is 9.84 Å². The normalized spacial score (nSPS) is 11.2. The van der Waals surface area contributed by atoms with Crippen LogP contribution in [0.5, 0.6) is 0 Å². The Kier molecular flexibility index (Phi) is 5.56. The Hall–Kier alpha value is -2.41. The number of hydrogen-bond acceptors (Lipinski definition) is 5. The number of sulfone groups is 1. The molecule has 0 fully saturated rings. The Morgan fingerprint density at radius 3 is 2.25 bits per heavy atom. The lowest BCUT2D eigenvalue weighted by Crippen LogP contribution is -2.10. The maximum atomic E-state index is 11.7. The molecule has 0 amide bonds. The van der Waals surface area contributed by atoms with E-state index >= 15 is 0 Å². The summed E-state index contributed by atoms with van der Waals surface area (Å²) >= 11 is 0. The van der Waals surface area contributed by atoms with Crippen LogP contribution < -0.4 is 5.32 Å². The van der Waals surface area contributed by atoms with Crippen LogP contribution in [0.3, 0.4) is 0 Å². The van der Waals surface area contributed by atoms with Gasteiger partial charge in [0.25, 0.3) is 0 Å². The van der Waals surface area contributed by atoms with Crippen molar-refractivity contribution in [3.8, 4) is 0 Å². The van der Waals surface area contributed by atoms with Gasteiger partial charge >= 0.3 is 5.69 Å². The van der Waals surface area contributed by atoms with Crippen LogP contribution in [-0.4, -0.2) is 26.1 Å². The van der Waals surface area contributed by atoms with Gasteiger partial charge < -0.3 is 5.32 Å². The number of para-hydroxylation sites is 1. The zero-order valence-corrected chi connectivity index (χ0v) is 14.5. The second kappa shape index (κ2) is 7.44. The number of anilines is 1. The largest absolute Gasteiger partial charge is 0.379 e. The standard InChI is InChI=1S/C17H20N2O4S/c1-3-13-7-9-14(10-8-13)11-12-18-15-5-4-6-16(24(2,22)23)17(15)19(20)21/h4-10,18H,3,11-12H2,1-2H3. The molecule has 0 bridgehead atoms. The van der Waals surface area contributed by atoms with Crippen molar-refractivity contribution in [1.82, 2.24) is 0 Å². The molecule has 0 saturated carbocycles. The summed E-state index contributed by atoms with van der Waals surface area (Å²) in [6.45, 7) is 2.56. The first-order valence-electron chi connectivity index (χ1n) is 7.62. The number of nitrogens with one attached hydrogen (secondary N) is 1. The van der Waals surface area contributed by atoms with Crippen molar-refractivity contribution >= 4 is 21.2 Å². The topological polar surface area (TPSA) is 89.3 Å². The first-order valence-corrected chi connectivity index (χ1v) is 9.51. The monoisotopic (exact) mass is 348 g/mol. The van der Waals surface area contributed by atoms with Gasteiger partial charge in [-0.1, -0.05) is 37.3 Å². The molecular formula is C17H20N2O4S. The lowest BCUT2D eigenvalue weighted by Gasteiger charge is -2.10. The van der Waals surface area contributed by atoms with Crippen LogP contribution in [0.25, 0.3) is 0 Å². The Labute approximate surface area is 141 Å². The van der Waals surface area contributed by atoms with E-state index in [2.05, 4.69) is 24.4 Å². The summed E-state index contributed by atoms with van der Waals surface area (Å²) < 4.78 is 23.5. The van der Waals surface area contributed by atoms with E-state index in [4.69, 9.17) is 0 Å². The van der Waals surface area contributed by atoms with Crippen LogP contribution >= 0.6 is 0 Å². The maximum absolute atomic E-state index is 11.7. The molecule has 2 rings (SSSR count). The van der Waals surface area contributed by atoms with E-state index in [1.807, 2.05) is 12.1 Å². The van der Waals surface area contributed by atoms with Crippen molar-refractivity contribution in [2.24, 2.45) is 0 Å². The molecule has 6 nitrogen and oxygen atoms in total. The molecule has 0 aliphatic carbocycles. The number of benzene rings is 2. The number of hydrogen-bond donors (Lipinski definition) is 1. The average Bonchev–Trinajstić information content (AvgIpc) is 2.54. The van der Waals surface area contributed by atoms with Crippen molar-refractivity contribution in [2.75, 3.05) is 18.1 Å². The minimum absolute atomic E-state index is 0.216. The molecule has 0 aliphatic heterocycles. The highest BCUT2D eigenvalue weighted by molar-refractivity contribution is 7.90. The lowest BCUT2D eigenvalue weighted by molar-refractivity contribution is -0.386. The summed E-state index contributed by atoms with van der Waals surface area (Å²) in [5.74, 6) is 0. The zero-order valence-electron chi connectivity index (χ0n) is 13.7. The SMILES string of the molecule is CCc1ccc(CCNc2cccc(S(C)(=O)=O)c2[N+](=O)[O-])cc1. The molecule has 24 heavy (non-hydrogen) atoms. The first-order chi connectivity index (χ1) is 11.3. The van der Waals surface area contributed by atoms with Crippen LogP contribution in [0.1, 0.15) is 18.1 Å². The Bertz CT molecular complexity index is 830. The van der Waals surface area contributed by atoms with Crippen LogP contribution in [0.15, 0.2) is 47.4 Å². The highest BCUT2D eigenvalue weighted by Gasteiger charge is 2.25.